The van der Waals surface area contributed by atoms with Crippen molar-refractivity contribution in [3.8, 4) is 11.4 Å². The van der Waals surface area contributed by atoms with Gasteiger partial charge < -0.3 is 20.5 Å². The highest BCUT2D eigenvalue weighted by atomic mass is 15.3. The van der Waals surface area contributed by atoms with E-state index >= 15 is 0 Å². The number of nitrogens with zero attached hydrogens (tertiary/aromatic N) is 5. The Hall–Kier alpha value is -3.26. The standard InChI is InChI=1S/C20H24N8/c1-22-12-15(11-21)14-3-4-17-16(9-14)20(26-25-17)18-10-19(24-13-23-18)28-7-5-27(2)6-8-28/h3-4,9-13,21-22H,5-8H2,1-2H3,(H,25,26)/b15-12+,21-11?. The molecule has 0 radical (unpaired) electrons. The van der Waals surface area contributed by atoms with Crippen molar-refractivity contribution in [1.82, 2.24) is 30.4 Å². The topological polar surface area (TPSA) is 96.8 Å². The summed E-state index contributed by atoms with van der Waals surface area (Å²) in [4.78, 5) is 13.5. The Morgan fingerprint density at radius 3 is 2.75 bits per heavy atom. The van der Waals surface area contributed by atoms with Gasteiger partial charge in [-0.3, -0.25) is 5.10 Å². The molecule has 0 unspecified atom stereocenters. The number of allylic oxidation sites excluding steroid dienone is 1. The third-order valence-corrected chi connectivity index (χ3v) is 5.07. The molecule has 144 valence electrons. The minimum absolute atomic E-state index is 0.793. The predicted octanol–water partition coefficient (Wildman–Crippen LogP) is 1.98. The molecule has 8 nitrogen and oxygen atoms in total. The first kappa shape index (κ1) is 18.1. The number of hydrogen-bond donors (Lipinski definition) is 3. The predicted molar refractivity (Wildman–Crippen MR) is 113 cm³/mol. The van der Waals surface area contributed by atoms with Crippen molar-refractivity contribution in [3.05, 3.63) is 42.4 Å². The van der Waals surface area contributed by atoms with Crippen LogP contribution in [0.5, 0.6) is 0 Å². The van der Waals surface area contributed by atoms with Crippen molar-refractivity contribution in [3.63, 3.8) is 0 Å². The average Bonchev–Trinajstić information content (AvgIpc) is 3.16. The normalized spacial score (nSPS) is 15.8. The minimum Gasteiger partial charge on any atom is -0.393 e. The zero-order valence-electron chi connectivity index (χ0n) is 16.1. The highest BCUT2D eigenvalue weighted by Crippen LogP contribution is 2.29. The molecule has 0 spiro atoms. The first-order chi connectivity index (χ1) is 13.7. The lowest BCUT2D eigenvalue weighted by Crippen LogP contribution is -2.44. The number of piperazine rings is 1. The Morgan fingerprint density at radius 2 is 2.00 bits per heavy atom. The van der Waals surface area contributed by atoms with E-state index in [-0.39, 0.29) is 0 Å². The molecule has 0 atom stereocenters. The number of nitrogens with one attached hydrogen (secondary N) is 3. The summed E-state index contributed by atoms with van der Waals surface area (Å²) >= 11 is 0. The molecule has 0 aliphatic carbocycles. The summed E-state index contributed by atoms with van der Waals surface area (Å²) in [7, 11) is 3.97. The number of aromatic amines is 1. The maximum atomic E-state index is 7.66. The number of hydrogen-bond acceptors (Lipinski definition) is 7. The zero-order valence-corrected chi connectivity index (χ0v) is 16.1. The molecule has 3 N–H and O–H groups in total. The van der Waals surface area contributed by atoms with E-state index < -0.39 is 0 Å². The van der Waals surface area contributed by atoms with Gasteiger partial charge in [0.2, 0.25) is 0 Å². The van der Waals surface area contributed by atoms with Crippen LogP contribution < -0.4 is 10.2 Å². The van der Waals surface area contributed by atoms with Crippen LogP contribution in [0.2, 0.25) is 0 Å². The van der Waals surface area contributed by atoms with Crippen molar-refractivity contribution >= 4 is 28.5 Å². The van der Waals surface area contributed by atoms with Gasteiger partial charge in [0.25, 0.3) is 0 Å². The molecule has 1 aromatic carbocycles. The van der Waals surface area contributed by atoms with E-state index in [2.05, 4.69) is 42.3 Å². The van der Waals surface area contributed by atoms with Gasteiger partial charge in [-0.15, -0.1) is 0 Å². The number of likely N-dealkylation sites (N-methyl/N-ethyl adjacent to an activating group) is 1. The van der Waals surface area contributed by atoms with E-state index in [1.165, 1.54) is 6.21 Å². The van der Waals surface area contributed by atoms with Crippen LogP contribution in [-0.2, 0) is 0 Å². The summed E-state index contributed by atoms with van der Waals surface area (Å²) < 4.78 is 0. The maximum absolute atomic E-state index is 7.66. The minimum atomic E-state index is 0.793. The SMILES string of the molecule is CN/C=C(\C=N)c1ccc2[nH]nc(-c3cc(N4CCN(C)CC4)ncn3)c2c1. The molecule has 1 aliphatic rings. The van der Waals surface area contributed by atoms with Crippen LogP contribution in [0, 0.1) is 5.41 Å². The molecule has 0 bridgehead atoms. The monoisotopic (exact) mass is 376 g/mol. The number of rotatable bonds is 5. The largest absolute Gasteiger partial charge is 0.393 e. The Morgan fingerprint density at radius 1 is 1.18 bits per heavy atom. The molecule has 1 aliphatic heterocycles. The Bertz CT molecular complexity index is 1010. The molecule has 3 heterocycles. The third kappa shape index (κ3) is 3.46. The Balaban J connectivity index is 1.72. The van der Waals surface area contributed by atoms with Crippen LogP contribution in [0.4, 0.5) is 5.82 Å². The summed E-state index contributed by atoms with van der Waals surface area (Å²) in [6.07, 6.45) is 4.76. The van der Waals surface area contributed by atoms with Crippen LogP contribution in [0.1, 0.15) is 5.56 Å². The fraction of sp³-hybridized carbons (Fsp3) is 0.300. The lowest BCUT2D eigenvalue weighted by atomic mass is 10.0. The number of fused-ring (bicyclic) bond motifs is 1. The van der Waals surface area contributed by atoms with E-state index in [4.69, 9.17) is 5.41 Å². The summed E-state index contributed by atoms with van der Waals surface area (Å²) in [5.74, 6) is 0.931. The second kappa shape index (κ2) is 7.77. The number of anilines is 1. The molecule has 4 rings (SSSR count). The summed E-state index contributed by atoms with van der Waals surface area (Å²) in [5.41, 5.74) is 4.28. The van der Waals surface area contributed by atoms with Crippen molar-refractivity contribution < 1.29 is 0 Å². The van der Waals surface area contributed by atoms with Crippen LogP contribution in [-0.4, -0.2) is 71.6 Å². The molecule has 1 fully saturated rings. The fourth-order valence-electron chi connectivity index (χ4n) is 3.44. The Labute approximate surface area is 163 Å². The average molecular weight is 376 g/mol. The van der Waals surface area contributed by atoms with E-state index in [9.17, 15) is 0 Å². The molecule has 0 saturated carbocycles. The van der Waals surface area contributed by atoms with E-state index in [1.54, 1.807) is 6.33 Å². The third-order valence-electron chi connectivity index (χ3n) is 5.07. The van der Waals surface area contributed by atoms with Crippen molar-refractivity contribution in [1.29, 1.82) is 5.41 Å². The maximum Gasteiger partial charge on any atom is 0.132 e. The molecule has 28 heavy (non-hydrogen) atoms. The van der Waals surface area contributed by atoms with Gasteiger partial charge in [0.1, 0.15) is 17.8 Å². The lowest BCUT2D eigenvalue weighted by Gasteiger charge is -2.33. The van der Waals surface area contributed by atoms with E-state index in [1.807, 2.05) is 37.5 Å². The summed E-state index contributed by atoms with van der Waals surface area (Å²) in [5, 5.41) is 19.2. The molecule has 2 aromatic heterocycles. The summed E-state index contributed by atoms with van der Waals surface area (Å²) in [6, 6.07) is 8.01. The smallest absolute Gasteiger partial charge is 0.132 e. The fourth-order valence-corrected chi connectivity index (χ4v) is 3.44. The van der Waals surface area contributed by atoms with Gasteiger partial charge >= 0.3 is 0 Å². The quantitative estimate of drug-likeness (QED) is 0.589. The van der Waals surface area contributed by atoms with Gasteiger partial charge in [-0.2, -0.15) is 5.10 Å². The highest BCUT2D eigenvalue weighted by Gasteiger charge is 2.17. The molecular weight excluding hydrogens is 352 g/mol. The molecule has 8 heteroatoms. The Kier molecular flexibility index (Phi) is 5.03. The second-order valence-corrected chi connectivity index (χ2v) is 6.92. The van der Waals surface area contributed by atoms with Crippen LogP contribution in [0.3, 0.4) is 0 Å². The van der Waals surface area contributed by atoms with Gasteiger partial charge in [0.05, 0.1) is 11.2 Å². The number of H-pyrrole nitrogens is 1. The second-order valence-electron chi connectivity index (χ2n) is 6.92. The first-order valence-corrected chi connectivity index (χ1v) is 9.32. The van der Waals surface area contributed by atoms with Crippen molar-refractivity contribution in [2.75, 3.05) is 45.2 Å². The summed E-state index contributed by atoms with van der Waals surface area (Å²) in [6.45, 7) is 3.96. The highest BCUT2D eigenvalue weighted by molar-refractivity contribution is 6.09. The van der Waals surface area contributed by atoms with Crippen molar-refractivity contribution in [2.45, 2.75) is 0 Å². The van der Waals surface area contributed by atoms with Gasteiger partial charge in [-0.05, 0) is 24.7 Å². The van der Waals surface area contributed by atoms with Gasteiger partial charge in [0.15, 0.2) is 0 Å². The van der Waals surface area contributed by atoms with E-state index in [0.717, 1.165) is 65.4 Å². The number of benzene rings is 1. The van der Waals surface area contributed by atoms with Crippen LogP contribution in [0.15, 0.2) is 36.8 Å². The van der Waals surface area contributed by atoms with Crippen LogP contribution >= 0.6 is 0 Å². The lowest BCUT2D eigenvalue weighted by molar-refractivity contribution is 0.312. The molecule has 0 amide bonds. The van der Waals surface area contributed by atoms with Crippen LogP contribution in [0.25, 0.3) is 27.9 Å². The van der Waals surface area contributed by atoms with E-state index in [0.29, 0.717) is 0 Å². The molecule has 1 saturated heterocycles. The number of aromatic nitrogens is 4. The van der Waals surface area contributed by atoms with Gasteiger partial charge in [-0.25, -0.2) is 9.97 Å². The molecule has 3 aromatic rings. The first-order valence-electron chi connectivity index (χ1n) is 9.32. The van der Waals surface area contributed by atoms with Gasteiger partial charge in [-0.1, -0.05) is 6.07 Å². The van der Waals surface area contributed by atoms with Gasteiger partial charge in [0, 0.05) is 62.7 Å². The van der Waals surface area contributed by atoms with Crippen molar-refractivity contribution in [2.24, 2.45) is 0 Å². The zero-order chi connectivity index (χ0) is 19.5. The molecular formula is C20H24N8.